The molecule has 5 heteroatoms. The maximum absolute atomic E-state index is 13.5. The van der Waals surface area contributed by atoms with Crippen LogP contribution in [0.5, 0.6) is 5.88 Å². The molecule has 0 atom stereocenters. The summed E-state index contributed by atoms with van der Waals surface area (Å²) in [4.78, 5) is 4.02. The molecule has 0 saturated carbocycles. The van der Waals surface area contributed by atoms with E-state index in [1.165, 1.54) is 19.2 Å². The Kier molecular flexibility index (Phi) is 2.60. The molecule has 84 valence electrons. The van der Waals surface area contributed by atoms with Crippen molar-refractivity contribution in [2.45, 2.75) is 0 Å². The summed E-state index contributed by atoms with van der Waals surface area (Å²) in [6.45, 7) is 0. The van der Waals surface area contributed by atoms with Crippen molar-refractivity contribution in [2.75, 3.05) is 19.5 Å². The van der Waals surface area contributed by atoms with Crippen molar-refractivity contribution >= 4 is 16.6 Å². The van der Waals surface area contributed by atoms with Gasteiger partial charge in [0.1, 0.15) is 11.3 Å². The molecule has 3 nitrogen and oxygen atoms in total. The normalized spacial score (nSPS) is 10.5. The molecule has 0 fully saturated rings. The molecule has 0 amide bonds. The van der Waals surface area contributed by atoms with E-state index in [-0.39, 0.29) is 16.6 Å². The average molecular weight is 224 g/mol. The van der Waals surface area contributed by atoms with Gasteiger partial charge >= 0.3 is 0 Å². The Morgan fingerprint density at radius 2 is 2.00 bits per heavy atom. The van der Waals surface area contributed by atoms with Crippen molar-refractivity contribution in [3.8, 4) is 5.88 Å². The fourth-order valence-electron chi connectivity index (χ4n) is 1.55. The standard InChI is InChI=1S/C11H10F2N2O/c1-14-11-8(13)5-7(12)6-3-4-9(16-2)15-10(6)11/h3-5,14H,1-2H3. The van der Waals surface area contributed by atoms with Gasteiger partial charge in [0.25, 0.3) is 0 Å². The van der Waals surface area contributed by atoms with Gasteiger partial charge in [0, 0.05) is 24.6 Å². The molecule has 0 aliphatic heterocycles. The van der Waals surface area contributed by atoms with Crippen molar-refractivity contribution in [1.29, 1.82) is 0 Å². The number of nitrogens with zero attached hydrogens (tertiary/aromatic N) is 1. The molecule has 1 aromatic carbocycles. The fourth-order valence-corrected chi connectivity index (χ4v) is 1.55. The second-order valence-corrected chi connectivity index (χ2v) is 3.21. The maximum Gasteiger partial charge on any atom is 0.213 e. The zero-order valence-corrected chi connectivity index (χ0v) is 8.84. The predicted molar refractivity (Wildman–Crippen MR) is 57.8 cm³/mol. The highest BCUT2D eigenvalue weighted by atomic mass is 19.1. The molecular formula is C11H10F2N2O. The Morgan fingerprint density at radius 3 is 2.62 bits per heavy atom. The molecule has 2 rings (SSSR count). The molecule has 0 saturated heterocycles. The van der Waals surface area contributed by atoms with Gasteiger partial charge in [0.05, 0.1) is 12.8 Å². The van der Waals surface area contributed by atoms with Crippen LogP contribution in [-0.2, 0) is 0 Å². The van der Waals surface area contributed by atoms with Crippen LogP contribution in [0, 0.1) is 11.6 Å². The monoisotopic (exact) mass is 224 g/mol. The minimum atomic E-state index is -0.673. The minimum absolute atomic E-state index is 0.162. The quantitative estimate of drug-likeness (QED) is 0.851. The van der Waals surface area contributed by atoms with Gasteiger partial charge in [-0.3, -0.25) is 0 Å². The van der Waals surface area contributed by atoms with Gasteiger partial charge in [-0.1, -0.05) is 0 Å². The summed E-state index contributed by atoms with van der Waals surface area (Å²) < 4.78 is 31.8. The van der Waals surface area contributed by atoms with Crippen LogP contribution in [0.3, 0.4) is 0 Å². The van der Waals surface area contributed by atoms with Gasteiger partial charge in [-0.2, -0.15) is 0 Å². The Hall–Kier alpha value is -1.91. The molecule has 0 bridgehead atoms. The summed E-state index contributed by atoms with van der Waals surface area (Å²) in [5.41, 5.74) is 0.384. The van der Waals surface area contributed by atoms with Gasteiger partial charge in [-0.25, -0.2) is 13.8 Å². The number of aromatic nitrogens is 1. The van der Waals surface area contributed by atoms with Gasteiger partial charge < -0.3 is 10.1 Å². The summed E-state index contributed by atoms with van der Waals surface area (Å²) in [5, 5.41) is 2.91. The van der Waals surface area contributed by atoms with Crippen LogP contribution in [0.15, 0.2) is 18.2 Å². The molecular weight excluding hydrogens is 214 g/mol. The van der Waals surface area contributed by atoms with E-state index < -0.39 is 11.6 Å². The smallest absolute Gasteiger partial charge is 0.213 e. The number of fused-ring (bicyclic) bond motifs is 1. The van der Waals surface area contributed by atoms with Crippen molar-refractivity contribution < 1.29 is 13.5 Å². The first kappa shape index (κ1) is 10.6. The lowest BCUT2D eigenvalue weighted by Crippen LogP contribution is -1.98. The summed E-state index contributed by atoms with van der Waals surface area (Å²) in [7, 11) is 3.00. The van der Waals surface area contributed by atoms with Gasteiger partial charge in [-0.05, 0) is 6.07 Å². The molecule has 0 aliphatic rings. The molecule has 2 aromatic rings. The first-order valence-electron chi connectivity index (χ1n) is 4.68. The van der Waals surface area contributed by atoms with E-state index in [4.69, 9.17) is 4.74 Å². The number of rotatable bonds is 2. The third-order valence-electron chi connectivity index (χ3n) is 2.32. The maximum atomic E-state index is 13.5. The molecule has 0 spiro atoms. The predicted octanol–water partition coefficient (Wildman–Crippen LogP) is 2.56. The molecule has 16 heavy (non-hydrogen) atoms. The van der Waals surface area contributed by atoms with Crippen molar-refractivity contribution in [3.05, 3.63) is 29.8 Å². The van der Waals surface area contributed by atoms with Crippen LogP contribution < -0.4 is 10.1 Å². The van der Waals surface area contributed by atoms with E-state index in [1.54, 1.807) is 7.05 Å². The molecule has 1 aromatic heterocycles. The summed E-state index contributed by atoms with van der Waals surface area (Å²) in [6, 6.07) is 3.88. The topological polar surface area (TPSA) is 34.1 Å². The Labute approximate surface area is 91.1 Å². The van der Waals surface area contributed by atoms with E-state index in [2.05, 4.69) is 10.3 Å². The Balaban J connectivity index is 2.84. The third kappa shape index (κ3) is 1.54. The first-order chi connectivity index (χ1) is 7.67. The number of nitrogens with one attached hydrogen (secondary N) is 1. The van der Waals surface area contributed by atoms with E-state index in [0.29, 0.717) is 5.88 Å². The molecule has 0 radical (unpaired) electrons. The second-order valence-electron chi connectivity index (χ2n) is 3.21. The SMILES string of the molecule is CNc1c(F)cc(F)c2ccc(OC)nc12. The average Bonchev–Trinajstić information content (AvgIpc) is 2.28. The van der Waals surface area contributed by atoms with Gasteiger partial charge in [0.2, 0.25) is 5.88 Å². The van der Waals surface area contributed by atoms with Crippen molar-refractivity contribution in [3.63, 3.8) is 0 Å². The lowest BCUT2D eigenvalue weighted by molar-refractivity contribution is 0.399. The number of benzene rings is 1. The van der Waals surface area contributed by atoms with Crippen molar-refractivity contribution in [1.82, 2.24) is 4.98 Å². The zero-order chi connectivity index (χ0) is 11.7. The number of hydrogen-bond donors (Lipinski definition) is 1. The van der Waals surface area contributed by atoms with Crippen molar-refractivity contribution in [2.24, 2.45) is 0 Å². The van der Waals surface area contributed by atoms with E-state index >= 15 is 0 Å². The Bertz CT molecular complexity index is 543. The Morgan fingerprint density at radius 1 is 1.25 bits per heavy atom. The highest BCUT2D eigenvalue weighted by molar-refractivity contribution is 5.91. The third-order valence-corrected chi connectivity index (χ3v) is 2.32. The number of halogens is 2. The largest absolute Gasteiger partial charge is 0.481 e. The summed E-state index contributed by atoms with van der Waals surface area (Å²) >= 11 is 0. The summed E-state index contributed by atoms with van der Waals surface area (Å²) in [5.74, 6) is -0.996. The van der Waals surface area contributed by atoms with Crippen LogP contribution in [0.1, 0.15) is 0 Å². The molecule has 0 aliphatic carbocycles. The molecule has 1 heterocycles. The van der Waals surface area contributed by atoms with E-state index in [0.717, 1.165) is 6.07 Å². The van der Waals surface area contributed by atoms with Crippen LogP contribution >= 0.6 is 0 Å². The first-order valence-corrected chi connectivity index (χ1v) is 4.68. The molecule has 1 N–H and O–H groups in total. The van der Waals surface area contributed by atoms with Crippen LogP contribution in [0.4, 0.5) is 14.5 Å². The fraction of sp³-hybridized carbons (Fsp3) is 0.182. The van der Waals surface area contributed by atoms with Crippen LogP contribution in [0.25, 0.3) is 10.9 Å². The van der Waals surface area contributed by atoms with Gasteiger partial charge in [0.15, 0.2) is 5.82 Å². The number of methoxy groups -OCH3 is 1. The van der Waals surface area contributed by atoms with Crippen LogP contribution in [-0.4, -0.2) is 19.1 Å². The van der Waals surface area contributed by atoms with Crippen LogP contribution in [0.2, 0.25) is 0 Å². The second kappa shape index (κ2) is 3.92. The molecule has 0 unspecified atom stereocenters. The lowest BCUT2D eigenvalue weighted by Gasteiger charge is -2.08. The highest BCUT2D eigenvalue weighted by Gasteiger charge is 2.13. The zero-order valence-electron chi connectivity index (χ0n) is 8.84. The number of hydrogen-bond acceptors (Lipinski definition) is 3. The minimum Gasteiger partial charge on any atom is -0.481 e. The van der Waals surface area contributed by atoms with Gasteiger partial charge in [-0.15, -0.1) is 0 Å². The number of anilines is 1. The van der Waals surface area contributed by atoms with E-state index in [9.17, 15) is 8.78 Å². The number of ether oxygens (including phenoxy) is 1. The van der Waals surface area contributed by atoms with E-state index in [1.807, 2.05) is 0 Å². The number of pyridine rings is 1. The highest BCUT2D eigenvalue weighted by Crippen LogP contribution is 2.28. The summed E-state index contributed by atoms with van der Waals surface area (Å²) in [6.07, 6.45) is 0. The lowest BCUT2D eigenvalue weighted by atomic mass is 10.1.